The molecule has 1 heterocycles. The van der Waals surface area contributed by atoms with Crippen molar-refractivity contribution in [2.75, 3.05) is 7.05 Å². The van der Waals surface area contributed by atoms with Gasteiger partial charge in [-0.1, -0.05) is 12.2 Å². The van der Waals surface area contributed by atoms with Crippen molar-refractivity contribution < 1.29 is 10.0 Å². The van der Waals surface area contributed by atoms with Crippen LogP contribution in [0, 0.1) is 6.92 Å². The zero-order valence-corrected chi connectivity index (χ0v) is 9.06. The number of rotatable bonds is 2. The Labute approximate surface area is 88.8 Å². The molecule has 0 aliphatic rings. The Morgan fingerprint density at radius 2 is 2.27 bits per heavy atom. The monoisotopic (exact) mass is 206 g/mol. The van der Waals surface area contributed by atoms with Crippen LogP contribution >= 0.6 is 0 Å². The largest absolute Gasteiger partial charge is 0.295 e. The highest BCUT2D eigenvalue weighted by molar-refractivity contribution is 5.91. The Morgan fingerprint density at radius 3 is 2.80 bits per heavy atom. The number of carbonyl (C=O) groups excluding carboxylic acids is 1. The summed E-state index contributed by atoms with van der Waals surface area (Å²) in [6, 6.07) is 1.66. The van der Waals surface area contributed by atoms with Gasteiger partial charge in [0.15, 0.2) is 0 Å². The summed E-state index contributed by atoms with van der Waals surface area (Å²) in [6.07, 6.45) is 5.40. The van der Waals surface area contributed by atoms with Gasteiger partial charge in [-0.25, -0.2) is 5.06 Å². The molecule has 1 aromatic rings. The second-order valence-electron chi connectivity index (χ2n) is 3.25. The van der Waals surface area contributed by atoms with E-state index in [1.54, 1.807) is 12.3 Å². The van der Waals surface area contributed by atoms with Gasteiger partial charge in [0.2, 0.25) is 0 Å². The molecule has 1 N–H and O–H groups in total. The maximum atomic E-state index is 11.4. The number of hydrogen-bond donors (Lipinski definition) is 1. The first-order valence-electron chi connectivity index (χ1n) is 4.62. The first kappa shape index (κ1) is 11.4. The Morgan fingerprint density at radius 1 is 1.60 bits per heavy atom. The van der Waals surface area contributed by atoms with Crippen LogP contribution in [0.2, 0.25) is 0 Å². The Bertz CT molecular complexity index is 398. The maximum Gasteiger partial charge on any atom is 0.295 e. The molecule has 1 rings (SSSR count). The highest BCUT2D eigenvalue weighted by atomic mass is 16.5. The lowest BCUT2D eigenvalue weighted by Gasteiger charge is -2.08. The van der Waals surface area contributed by atoms with Crippen LogP contribution in [0.25, 0.3) is 6.08 Å². The molecule has 0 spiro atoms. The van der Waals surface area contributed by atoms with Crippen LogP contribution in [0.1, 0.15) is 28.5 Å². The molecule has 0 fully saturated rings. The number of aryl methyl sites for hydroxylation is 1. The van der Waals surface area contributed by atoms with E-state index in [2.05, 4.69) is 4.98 Å². The van der Waals surface area contributed by atoms with E-state index in [1.807, 2.05) is 26.0 Å². The number of aromatic nitrogens is 1. The first-order chi connectivity index (χ1) is 7.06. The van der Waals surface area contributed by atoms with Gasteiger partial charge in [-0.3, -0.25) is 15.0 Å². The van der Waals surface area contributed by atoms with Gasteiger partial charge in [-0.05, 0) is 31.0 Å². The van der Waals surface area contributed by atoms with Crippen molar-refractivity contribution in [3.8, 4) is 0 Å². The second-order valence-corrected chi connectivity index (χ2v) is 3.25. The normalized spacial score (nSPS) is 10.7. The molecule has 0 saturated carbocycles. The zero-order valence-electron chi connectivity index (χ0n) is 9.06. The van der Waals surface area contributed by atoms with Crippen LogP contribution in [0.4, 0.5) is 0 Å². The van der Waals surface area contributed by atoms with Gasteiger partial charge in [-0.2, -0.15) is 0 Å². The Hall–Kier alpha value is -1.68. The summed E-state index contributed by atoms with van der Waals surface area (Å²) in [7, 11) is 1.28. The third kappa shape index (κ3) is 2.63. The lowest BCUT2D eigenvalue weighted by Crippen LogP contribution is -2.23. The van der Waals surface area contributed by atoms with Crippen LogP contribution < -0.4 is 0 Å². The van der Waals surface area contributed by atoms with Gasteiger partial charge in [0.1, 0.15) is 5.69 Å². The van der Waals surface area contributed by atoms with Gasteiger partial charge < -0.3 is 0 Å². The Kier molecular flexibility index (Phi) is 3.57. The van der Waals surface area contributed by atoms with Gasteiger partial charge in [0.25, 0.3) is 5.91 Å². The molecular weight excluding hydrogens is 192 g/mol. The number of allylic oxidation sites excluding steroid dienone is 1. The van der Waals surface area contributed by atoms with E-state index < -0.39 is 5.91 Å². The van der Waals surface area contributed by atoms with Crippen molar-refractivity contribution in [3.05, 3.63) is 35.2 Å². The number of amides is 1. The van der Waals surface area contributed by atoms with Gasteiger partial charge in [-0.15, -0.1) is 0 Å². The molecule has 80 valence electrons. The molecule has 0 aromatic carbocycles. The van der Waals surface area contributed by atoms with Crippen molar-refractivity contribution in [1.29, 1.82) is 0 Å². The summed E-state index contributed by atoms with van der Waals surface area (Å²) in [5, 5.41) is 9.52. The van der Waals surface area contributed by atoms with Crippen molar-refractivity contribution in [3.63, 3.8) is 0 Å². The molecule has 0 bridgehead atoms. The van der Waals surface area contributed by atoms with E-state index in [0.717, 1.165) is 11.1 Å². The van der Waals surface area contributed by atoms with Crippen LogP contribution in [-0.2, 0) is 0 Å². The predicted molar refractivity (Wildman–Crippen MR) is 57.6 cm³/mol. The zero-order chi connectivity index (χ0) is 11.4. The van der Waals surface area contributed by atoms with Crippen LogP contribution in [0.5, 0.6) is 0 Å². The molecule has 1 aromatic heterocycles. The van der Waals surface area contributed by atoms with Crippen LogP contribution in [-0.4, -0.2) is 28.2 Å². The molecule has 1 amide bonds. The fourth-order valence-corrected chi connectivity index (χ4v) is 1.18. The number of nitrogens with zero attached hydrogens (tertiary/aromatic N) is 2. The van der Waals surface area contributed by atoms with Gasteiger partial charge in [0, 0.05) is 13.2 Å². The summed E-state index contributed by atoms with van der Waals surface area (Å²) in [5.74, 6) is -0.513. The molecular formula is C11H14N2O2. The number of pyridine rings is 1. The fourth-order valence-electron chi connectivity index (χ4n) is 1.18. The molecule has 15 heavy (non-hydrogen) atoms. The lowest BCUT2D eigenvalue weighted by atomic mass is 10.1. The molecule has 0 radical (unpaired) electrons. The molecule has 4 nitrogen and oxygen atoms in total. The summed E-state index contributed by atoms with van der Waals surface area (Å²) < 4.78 is 0. The lowest BCUT2D eigenvalue weighted by molar-refractivity contribution is -0.0379. The first-order valence-corrected chi connectivity index (χ1v) is 4.62. The average Bonchev–Trinajstić information content (AvgIpc) is 2.20. The van der Waals surface area contributed by atoms with Crippen molar-refractivity contribution >= 4 is 12.0 Å². The van der Waals surface area contributed by atoms with Gasteiger partial charge in [0.05, 0.1) is 0 Å². The van der Waals surface area contributed by atoms with E-state index in [4.69, 9.17) is 5.21 Å². The molecule has 4 heteroatoms. The highest BCUT2D eigenvalue weighted by Gasteiger charge is 2.11. The summed E-state index contributed by atoms with van der Waals surface area (Å²) in [5.41, 5.74) is 2.15. The van der Waals surface area contributed by atoms with E-state index in [1.165, 1.54) is 7.05 Å². The van der Waals surface area contributed by atoms with E-state index >= 15 is 0 Å². The summed E-state index contributed by atoms with van der Waals surface area (Å²) >= 11 is 0. The van der Waals surface area contributed by atoms with E-state index in [9.17, 15) is 4.79 Å². The Balaban J connectivity index is 3.13. The number of hydroxylamine groups is 2. The second kappa shape index (κ2) is 4.70. The van der Waals surface area contributed by atoms with Crippen molar-refractivity contribution in [2.24, 2.45) is 0 Å². The predicted octanol–water partition coefficient (Wildman–Crippen LogP) is 1.88. The minimum atomic E-state index is -0.513. The molecule has 0 saturated heterocycles. The summed E-state index contributed by atoms with van der Waals surface area (Å²) in [4.78, 5) is 15.4. The van der Waals surface area contributed by atoms with Crippen LogP contribution in [0.3, 0.4) is 0 Å². The molecule has 0 aliphatic heterocycles. The minimum absolute atomic E-state index is 0.235. The third-order valence-electron chi connectivity index (χ3n) is 2.00. The molecule has 0 unspecified atom stereocenters. The fraction of sp³-hybridized carbons (Fsp3) is 0.273. The van der Waals surface area contributed by atoms with Crippen LogP contribution in [0.15, 0.2) is 18.3 Å². The SMILES string of the molecule is CC=Cc1cc(C(=O)N(C)O)ncc1C. The highest BCUT2D eigenvalue weighted by Crippen LogP contribution is 2.11. The minimum Gasteiger partial charge on any atom is -0.286 e. The van der Waals surface area contributed by atoms with Gasteiger partial charge >= 0.3 is 0 Å². The standard InChI is InChI=1S/C11H14N2O2/c1-4-5-9-6-10(11(14)13(3)15)12-7-8(9)2/h4-7,15H,1-3H3. The van der Waals surface area contributed by atoms with E-state index in [0.29, 0.717) is 5.06 Å². The number of hydrogen-bond acceptors (Lipinski definition) is 3. The quantitative estimate of drug-likeness (QED) is 0.593. The maximum absolute atomic E-state index is 11.4. The van der Waals surface area contributed by atoms with Crippen molar-refractivity contribution in [1.82, 2.24) is 10.0 Å². The van der Waals surface area contributed by atoms with Crippen molar-refractivity contribution in [2.45, 2.75) is 13.8 Å². The van der Waals surface area contributed by atoms with E-state index in [-0.39, 0.29) is 5.69 Å². The average molecular weight is 206 g/mol. The molecule has 0 atom stereocenters. The molecule has 0 aliphatic carbocycles. The third-order valence-corrected chi connectivity index (χ3v) is 2.00. The number of carbonyl (C=O) groups is 1. The summed E-state index contributed by atoms with van der Waals surface area (Å²) in [6.45, 7) is 3.82. The topological polar surface area (TPSA) is 53.4 Å². The smallest absolute Gasteiger partial charge is 0.286 e.